The van der Waals surface area contributed by atoms with Crippen molar-refractivity contribution in [3.05, 3.63) is 37.2 Å². The molecule has 0 aromatic carbocycles. The van der Waals surface area contributed by atoms with Gasteiger partial charge in [0.05, 0.1) is 19.0 Å². The van der Waals surface area contributed by atoms with Crippen LogP contribution < -0.4 is 0 Å². The summed E-state index contributed by atoms with van der Waals surface area (Å²) in [7, 11) is 1.59. The second kappa shape index (κ2) is 9.05. The number of imidazole rings is 1. The predicted molar refractivity (Wildman–Crippen MR) is 92.4 cm³/mol. The van der Waals surface area contributed by atoms with Gasteiger partial charge in [0.2, 0.25) is 0 Å². The second-order valence-corrected chi connectivity index (χ2v) is 4.90. The van der Waals surface area contributed by atoms with E-state index in [1.807, 2.05) is 30.5 Å². The van der Waals surface area contributed by atoms with Crippen molar-refractivity contribution >= 4 is 11.2 Å². The number of hydrogen-bond donors (Lipinski definition) is 1. The molecule has 3 rings (SSSR count). The Balaban J connectivity index is 0.00000100. The van der Waals surface area contributed by atoms with Crippen LogP contribution in [0.25, 0.3) is 22.4 Å². The summed E-state index contributed by atoms with van der Waals surface area (Å²) in [5, 5.41) is 9.18. The molecule has 24 heavy (non-hydrogen) atoms. The van der Waals surface area contributed by atoms with Crippen LogP contribution in [0.5, 0.6) is 0 Å². The highest BCUT2D eigenvalue weighted by Gasteiger charge is 2.13. The van der Waals surface area contributed by atoms with Crippen molar-refractivity contribution < 1.29 is 9.84 Å². The lowest BCUT2D eigenvalue weighted by Crippen LogP contribution is -2.18. The molecule has 3 aromatic rings. The molecule has 7 heteroatoms. The van der Waals surface area contributed by atoms with Crippen molar-refractivity contribution in [1.82, 2.24) is 24.5 Å². The number of nitrogens with zero attached hydrogens (tertiary/aromatic N) is 5. The van der Waals surface area contributed by atoms with Gasteiger partial charge in [0.15, 0.2) is 5.65 Å². The summed E-state index contributed by atoms with van der Waals surface area (Å²) in [6, 6.07) is 3.79. The summed E-state index contributed by atoms with van der Waals surface area (Å²) in [6.45, 7) is 4.67. The van der Waals surface area contributed by atoms with Crippen molar-refractivity contribution in [2.45, 2.75) is 32.9 Å². The minimum atomic E-state index is -0.182. The van der Waals surface area contributed by atoms with Gasteiger partial charge < -0.3 is 14.4 Å². The van der Waals surface area contributed by atoms with Crippen LogP contribution in [0.15, 0.2) is 37.2 Å². The van der Waals surface area contributed by atoms with E-state index in [2.05, 4.69) is 19.9 Å². The first kappa shape index (κ1) is 18.0. The van der Waals surface area contributed by atoms with Crippen molar-refractivity contribution in [1.29, 1.82) is 0 Å². The average molecular weight is 329 g/mol. The Hall–Kier alpha value is -2.38. The van der Waals surface area contributed by atoms with E-state index in [4.69, 9.17) is 4.74 Å². The number of methoxy groups -OCH3 is 1. The van der Waals surface area contributed by atoms with Crippen LogP contribution in [0.2, 0.25) is 0 Å². The molecule has 0 aliphatic heterocycles. The standard InChI is InChI=1S/C15H17N5O2.C2H6/c1-22-12(8-21)4-7-20-10-19-14-13(17-9-18-15(14)20)11-2-5-16-6-3-11;1-2/h2-3,5-6,9-10,12,21H,4,7-8H2,1H3;1-2H3. The molecule has 3 heterocycles. The van der Waals surface area contributed by atoms with Gasteiger partial charge in [-0.2, -0.15) is 0 Å². The maximum absolute atomic E-state index is 9.18. The first-order valence-electron chi connectivity index (χ1n) is 8.03. The number of aromatic nitrogens is 5. The Labute approximate surface area is 141 Å². The van der Waals surface area contributed by atoms with Crippen molar-refractivity contribution in [2.24, 2.45) is 0 Å². The van der Waals surface area contributed by atoms with Crippen LogP contribution in [-0.4, -0.2) is 49.4 Å². The summed E-state index contributed by atoms with van der Waals surface area (Å²) < 4.78 is 7.13. The Kier molecular flexibility index (Phi) is 6.77. The maximum atomic E-state index is 9.18. The molecule has 0 saturated carbocycles. The Morgan fingerprint density at radius 1 is 1.17 bits per heavy atom. The first-order chi connectivity index (χ1) is 11.8. The van der Waals surface area contributed by atoms with Gasteiger partial charge in [-0.05, 0) is 18.6 Å². The summed E-state index contributed by atoms with van der Waals surface area (Å²) in [5.74, 6) is 0. The maximum Gasteiger partial charge on any atom is 0.163 e. The summed E-state index contributed by atoms with van der Waals surface area (Å²) in [4.78, 5) is 17.1. The van der Waals surface area contributed by atoms with Crippen LogP contribution in [0.4, 0.5) is 0 Å². The fraction of sp³-hybridized carbons (Fsp3) is 0.412. The molecule has 0 aliphatic rings. The van der Waals surface area contributed by atoms with E-state index in [1.165, 1.54) is 6.33 Å². The zero-order valence-corrected chi connectivity index (χ0v) is 14.3. The minimum Gasteiger partial charge on any atom is -0.394 e. The molecule has 0 spiro atoms. The SMILES string of the molecule is CC.COC(CO)CCn1cnc2c(-c3ccncc3)ncnc21. The van der Waals surface area contributed by atoms with E-state index in [-0.39, 0.29) is 12.7 Å². The first-order valence-corrected chi connectivity index (χ1v) is 8.03. The summed E-state index contributed by atoms with van der Waals surface area (Å²) >= 11 is 0. The lowest BCUT2D eigenvalue weighted by Gasteiger charge is -2.12. The lowest BCUT2D eigenvalue weighted by molar-refractivity contribution is 0.0405. The number of fused-ring (bicyclic) bond motifs is 1. The third-order valence-corrected chi connectivity index (χ3v) is 3.58. The van der Waals surface area contributed by atoms with Gasteiger partial charge in [-0.1, -0.05) is 13.8 Å². The van der Waals surface area contributed by atoms with Crippen LogP contribution in [-0.2, 0) is 11.3 Å². The van der Waals surface area contributed by atoms with Crippen molar-refractivity contribution in [3.63, 3.8) is 0 Å². The van der Waals surface area contributed by atoms with E-state index in [0.717, 1.165) is 22.4 Å². The molecule has 0 radical (unpaired) electrons. The molecule has 128 valence electrons. The summed E-state index contributed by atoms with van der Waals surface area (Å²) in [5.41, 5.74) is 3.27. The average Bonchev–Trinajstić information content (AvgIpc) is 3.08. The lowest BCUT2D eigenvalue weighted by atomic mass is 10.2. The highest BCUT2D eigenvalue weighted by atomic mass is 16.5. The highest BCUT2D eigenvalue weighted by molar-refractivity contribution is 5.86. The molecule has 0 bridgehead atoms. The predicted octanol–water partition coefficient (Wildman–Crippen LogP) is 2.31. The van der Waals surface area contributed by atoms with Gasteiger partial charge in [-0.3, -0.25) is 4.98 Å². The van der Waals surface area contributed by atoms with Gasteiger partial charge in [-0.25, -0.2) is 15.0 Å². The Bertz CT molecular complexity index is 741. The van der Waals surface area contributed by atoms with Crippen molar-refractivity contribution in [3.8, 4) is 11.3 Å². The highest BCUT2D eigenvalue weighted by Crippen LogP contribution is 2.23. The molecular formula is C17H23N5O2. The number of hydrogen-bond acceptors (Lipinski definition) is 6. The van der Waals surface area contributed by atoms with E-state index < -0.39 is 0 Å². The molecule has 0 fully saturated rings. The number of aryl methyl sites for hydroxylation is 1. The second-order valence-electron chi connectivity index (χ2n) is 4.90. The molecule has 1 N–H and O–H groups in total. The molecule has 1 atom stereocenters. The van der Waals surface area contributed by atoms with Gasteiger partial charge in [0.1, 0.15) is 17.5 Å². The smallest absolute Gasteiger partial charge is 0.163 e. The van der Waals surface area contributed by atoms with Gasteiger partial charge in [-0.15, -0.1) is 0 Å². The molecule has 0 aliphatic carbocycles. The minimum absolute atomic E-state index is 0.000376. The number of aliphatic hydroxyl groups is 1. The van der Waals surface area contributed by atoms with Crippen LogP contribution in [0, 0.1) is 0 Å². The quantitative estimate of drug-likeness (QED) is 0.747. The van der Waals surface area contributed by atoms with Crippen LogP contribution >= 0.6 is 0 Å². The molecule has 3 aromatic heterocycles. The number of rotatable bonds is 6. The normalized spacial score (nSPS) is 11.8. The van der Waals surface area contributed by atoms with Gasteiger partial charge >= 0.3 is 0 Å². The fourth-order valence-electron chi connectivity index (χ4n) is 2.33. The van der Waals surface area contributed by atoms with Crippen molar-refractivity contribution in [2.75, 3.05) is 13.7 Å². The number of ether oxygens (including phenoxy) is 1. The Morgan fingerprint density at radius 3 is 2.58 bits per heavy atom. The zero-order valence-electron chi connectivity index (χ0n) is 14.3. The molecular weight excluding hydrogens is 306 g/mol. The largest absolute Gasteiger partial charge is 0.394 e. The summed E-state index contributed by atoms with van der Waals surface area (Å²) in [6.07, 6.45) is 7.24. The van der Waals surface area contributed by atoms with Gasteiger partial charge in [0, 0.05) is 31.6 Å². The molecule has 0 saturated heterocycles. The Morgan fingerprint density at radius 2 is 1.92 bits per heavy atom. The van der Waals surface area contributed by atoms with Crippen LogP contribution in [0.1, 0.15) is 20.3 Å². The number of pyridine rings is 1. The van der Waals surface area contributed by atoms with E-state index in [1.54, 1.807) is 25.8 Å². The zero-order chi connectivity index (χ0) is 17.4. The van der Waals surface area contributed by atoms with E-state index >= 15 is 0 Å². The monoisotopic (exact) mass is 329 g/mol. The van der Waals surface area contributed by atoms with Crippen LogP contribution in [0.3, 0.4) is 0 Å². The van der Waals surface area contributed by atoms with Gasteiger partial charge in [0.25, 0.3) is 0 Å². The van der Waals surface area contributed by atoms with E-state index in [0.29, 0.717) is 13.0 Å². The third-order valence-electron chi connectivity index (χ3n) is 3.58. The topological polar surface area (TPSA) is 86.0 Å². The fourth-order valence-corrected chi connectivity index (χ4v) is 2.33. The molecule has 1 unspecified atom stereocenters. The van der Waals surface area contributed by atoms with E-state index in [9.17, 15) is 5.11 Å². The molecule has 0 amide bonds. The third kappa shape index (κ3) is 3.93. The molecule has 7 nitrogen and oxygen atoms in total. The number of aliphatic hydroxyl groups excluding tert-OH is 1.